The third kappa shape index (κ3) is 39.0. The molecule has 0 spiro atoms. The molecular formula is C36H46BrLi2NOS3Y2-2. The molecule has 0 fully saturated rings. The first-order valence-corrected chi connectivity index (χ1v) is 16.7. The number of nitrogens with zero attached hydrogens (tertiary/aromatic N) is 1. The zero-order valence-corrected chi connectivity index (χ0v) is 38.9. The third-order valence-electron chi connectivity index (χ3n) is 3.94. The van der Waals surface area contributed by atoms with Crippen molar-refractivity contribution in [3.63, 3.8) is 0 Å². The van der Waals surface area contributed by atoms with Gasteiger partial charge in [-0.1, -0.05) is 89.6 Å². The van der Waals surface area contributed by atoms with Crippen molar-refractivity contribution in [3.05, 3.63) is 160 Å². The van der Waals surface area contributed by atoms with Crippen LogP contribution in [0.3, 0.4) is 0 Å². The van der Waals surface area contributed by atoms with Crippen LogP contribution >= 0.6 is 49.9 Å². The molecular weight excluding hydrogens is 830 g/mol. The predicted molar refractivity (Wildman–Crippen MR) is 196 cm³/mol. The summed E-state index contributed by atoms with van der Waals surface area (Å²) >= 11 is 8.18. The number of carbonyl (C=O) groups is 1. The Morgan fingerprint density at radius 2 is 1.26 bits per heavy atom. The van der Waals surface area contributed by atoms with E-state index in [-0.39, 0.29) is 124 Å². The maximum atomic E-state index is 11.7. The first-order valence-electron chi connectivity index (χ1n) is 13.0. The number of hydrogen-bond donors (Lipinski definition) is 0. The average Bonchev–Trinajstić information content (AvgIpc) is 3.87. The molecule has 2 aromatic carbocycles. The fourth-order valence-electron chi connectivity index (χ4n) is 2.11. The molecule has 0 bridgehead atoms. The molecule has 0 atom stereocenters. The summed E-state index contributed by atoms with van der Waals surface area (Å²) in [5.74, 6) is 0.0989. The topological polar surface area (TPSA) is 40.9 Å². The Hall–Kier alpha value is 0.583. The van der Waals surface area contributed by atoms with Gasteiger partial charge in [0.1, 0.15) is 0 Å². The van der Waals surface area contributed by atoms with Crippen LogP contribution in [0.25, 0.3) is 0 Å². The second-order valence-electron chi connectivity index (χ2n) is 6.70. The van der Waals surface area contributed by atoms with Gasteiger partial charge < -0.3 is 21.8 Å². The van der Waals surface area contributed by atoms with Crippen LogP contribution in [0.5, 0.6) is 0 Å². The summed E-state index contributed by atoms with van der Waals surface area (Å²) in [7, 11) is 0. The van der Waals surface area contributed by atoms with Gasteiger partial charge in [-0.05, 0) is 51.0 Å². The van der Waals surface area contributed by atoms with Crippen LogP contribution in [0.15, 0.2) is 116 Å². The van der Waals surface area contributed by atoms with E-state index in [0.717, 1.165) is 17.5 Å². The van der Waals surface area contributed by atoms with Crippen LogP contribution in [0.1, 0.15) is 68.9 Å². The van der Waals surface area contributed by atoms with Crippen molar-refractivity contribution in [3.8, 4) is 6.07 Å². The number of rotatable bonds is 3. The van der Waals surface area contributed by atoms with Crippen LogP contribution in [0.2, 0.25) is 0 Å². The van der Waals surface area contributed by atoms with Crippen molar-refractivity contribution in [2.45, 2.75) is 47.5 Å². The number of thiophene rings is 3. The minimum atomic E-state index is 0. The van der Waals surface area contributed by atoms with Gasteiger partial charge in [-0.2, -0.15) is 39.7 Å². The van der Waals surface area contributed by atoms with Crippen molar-refractivity contribution < 1.29 is 108 Å². The summed E-state index contributed by atoms with van der Waals surface area (Å²) in [6.45, 7) is 13.7. The molecule has 3 heterocycles. The summed E-state index contributed by atoms with van der Waals surface area (Å²) in [6, 6.07) is 29.1. The minimum Gasteiger partial charge on any atom is -0.358 e. The Bertz CT molecular complexity index is 1170. The number of nitriles is 1. The van der Waals surface area contributed by atoms with Crippen molar-refractivity contribution in [2.75, 3.05) is 0 Å². The molecule has 2 nitrogen and oxygen atoms in total. The molecule has 0 aliphatic carbocycles. The Kier molecular flexibility index (Phi) is 74.1. The van der Waals surface area contributed by atoms with Gasteiger partial charge in [0.15, 0.2) is 5.78 Å². The Morgan fingerprint density at radius 1 is 0.783 bits per heavy atom. The molecule has 5 rings (SSSR count). The van der Waals surface area contributed by atoms with E-state index >= 15 is 0 Å². The SMILES string of the molecule is Brc1ccsc1.CC.CC.N#Cc1ccccc1.O=C(c1ccccc1)c1ccsc1.[CH2-]CCC.[CH3-].[CH3-].[Li+].[Li+].[Y].[Y].[c-]1ccsc1. The fraction of sp³-hybridized carbons (Fsp3) is 0.194. The Balaban J connectivity index is -0.0000000648. The zero-order valence-electron chi connectivity index (χ0n) is 29.2. The van der Waals surface area contributed by atoms with E-state index in [2.05, 4.69) is 35.8 Å². The molecule has 2 radical (unpaired) electrons. The van der Waals surface area contributed by atoms with Gasteiger partial charge in [0.2, 0.25) is 0 Å². The molecule has 3 aromatic heterocycles. The maximum Gasteiger partial charge on any atom is 1.00 e. The monoisotopic (exact) mass is 875 g/mol. The van der Waals surface area contributed by atoms with E-state index in [1.54, 1.807) is 46.1 Å². The largest absolute Gasteiger partial charge is 1.00 e. The van der Waals surface area contributed by atoms with Gasteiger partial charge in [0, 0.05) is 91.8 Å². The summed E-state index contributed by atoms with van der Waals surface area (Å²) in [5, 5.41) is 20.0. The number of hydrogen-bond acceptors (Lipinski definition) is 5. The fourth-order valence-corrected chi connectivity index (χ4v) is 4.28. The Morgan fingerprint density at radius 3 is 1.52 bits per heavy atom. The van der Waals surface area contributed by atoms with E-state index < -0.39 is 0 Å². The first-order chi connectivity index (χ1) is 19.6. The first kappa shape index (κ1) is 65.0. The van der Waals surface area contributed by atoms with Gasteiger partial charge in [-0.15, -0.1) is 5.38 Å². The number of benzene rings is 2. The molecule has 0 saturated carbocycles. The second kappa shape index (κ2) is 52.4. The van der Waals surface area contributed by atoms with Crippen LogP contribution in [-0.2, 0) is 65.4 Å². The molecule has 10 heteroatoms. The van der Waals surface area contributed by atoms with Gasteiger partial charge in [-0.3, -0.25) is 16.1 Å². The third-order valence-corrected chi connectivity index (χ3v) is 6.67. The molecule has 0 saturated heterocycles. The molecule has 0 aliphatic rings. The minimum absolute atomic E-state index is 0. The Labute approximate surface area is 377 Å². The van der Waals surface area contributed by atoms with Crippen LogP contribution in [0, 0.1) is 39.2 Å². The normalized spacial score (nSPS) is 7.09. The van der Waals surface area contributed by atoms with E-state index in [0.29, 0.717) is 5.56 Å². The standard InChI is InChI=1S/C11H8OS.C7H5N.C4H3BrS.C4H3S.C4H9.2C2H6.2CH3.2Li.2Y/c12-11(10-6-7-13-8-10)9-4-2-1-3-5-9;8-6-7-4-2-1-3-5-7;5-4-1-2-6-3-4;1-2-4-5-3-1;1-3-4-2;2*1-2;;;;;;/h1-8H;1-5H;1-3H;1,3-4H;1,3-4H2,2H3;2*1-2H3;2*1H3;;;;/q;;;2*-1;;;2*-1;2*+1;;. The summed E-state index contributed by atoms with van der Waals surface area (Å²) < 4.78 is 1.17. The van der Waals surface area contributed by atoms with Gasteiger partial charge in [0.25, 0.3) is 0 Å². The number of carbonyl (C=O) groups excluding carboxylic acids is 1. The predicted octanol–water partition coefficient (Wildman–Crippen LogP) is 7.17. The number of ketones is 1. The number of halogens is 1. The van der Waals surface area contributed by atoms with Crippen molar-refractivity contribution in [1.82, 2.24) is 0 Å². The van der Waals surface area contributed by atoms with Gasteiger partial charge in [0.05, 0.1) is 11.6 Å². The summed E-state index contributed by atoms with van der Waals surface area (Å²) in [4.78, 5) is 11.7. The molecule has 0 aliphatic heterocycles. The van der Waals surface area contributed by atoms with E-state index in [1.807, 2.05) is 133 Å². The molecule has 0 N–H and O–H groups in total. The van der Waals surface area contributed by atoms with E-state index in [1.165, 1.54) is 10.9 Å². The summed E-state index contributed by atoms with van der Waals surface area (Å²) in [5.41, 5.74) is 2.24. The van der Waals surface area contributed by atoms with E-state index in [9.17, 15) is 4.79 Å². The number of unbranched alkanes of at least 4 members (excludes halogenated alkanes) is 1. The van der Waals surface area contributed by atoms with Crippen molar-refractivity contribution in [2.24, 2.45) is 0 Å². The van der Waals surface area contributed by atoms with Gasteiger partial charge >= 0.3 is 37.7 Å². The van der Waals surface area contributed by atoms with Crippen molar-refractivity contribution >= 4 is 55.7 Å². The molecule has 46 heavy (non-hydrogen) atoms. The zero-order chi connectivity index (χ0) is 30.3. The average molecular weight is 877 g/mol. The van der Waals surface area contributed by atoms with Crippen LogP contribution in [0.4, 0.5) is 0 Å². The second-order valence-corrected chi connectivity index (χ2v) is 9.96. The quantitative estimate of drug-likeness (QED) is 0.110. The van der Waals surface area contributed by atoms with E-state index in [4.69, 9.17) is 5.26 Å². The van der Waals surface area contributed by atoms with Crippen LogP contribution in [-0.4, -0.2) is 5.78 Å². The smallest absolute Gasteiger partial charge is 0.358 e. The maximum absolute atomic E-state index is 11.7. The molecule has 236 valence electrons. The molecule has 0 amide bonds. The van der Waals surface area contributed by atoms with Crippen LogP contribution < -0.4 is 37.7 Å². The molecule has 5 aromatic rings. The molecule has 0 unspecified atom stereocenters. The van der Waals surface area contributed by atoms with Gasteiger partial charge in [-0.25, -0.2) is 12.1 Å². The van der Waals surface area contributed by atoms with Crippen molar-refractivity contribution in [1.29, 1.82) is 5.26 Å². The summed E-state index contributed by atoms with van der Waals surface area (Å²) in [6.07, 6.45) is 2.28.